The molecule has 0 heterocycles. The zero-order valence-corrected chi connectivity index (χ0v) is 47.4. The van der Waals surface area contributed by atoms with E-state index in [-0.39, 0.29) is 37.5 Å². The Morgan fingerprint density at radius 2 is 0.548 bits per heavy atom. The van der Waals surface area contributed by atoms with E-state index in [2.05, 4.69) is 142 Å². The maximum atomic E-state index is 12.9. The number of ether oxygens (including phenoxy) is 3. The molecular formula is C67H110O6. The van der Waals surface area contributed by atoms with E-state index in [4.69, 9.17) is 14.2 Å². The predicted octanol–water partition coefficient (Wildman–Crippen LogP) is 20.4. The molecule has 0 aliphatic heterocycles. The van der Waals surface area contributed by atoms with Gasteiger partial charge in [0.15, 0.2) is 6.10 Å². The molecule has 0 rings (SSSR count). The van der Waals surface area contributed by atoms with Gasteiger partial charge in [-0.3, -0.25) is 14.4 Å². The number of rotatable bonds is 53. The van der Waals surface area contributed by atoms with Crippen LogP contribution in [0.25, 0.3) is 0 Å². The molecule has 0 radical (unpaired) electrons. The zero-order chi connectivity index (χ0) is 52.9. The third kappa shape index (κ3) is 58.6. The van der Waals surface area contributed by atoms with Crippen molar-refractivity contribution in [1.82, 2.24) is 0 Å². The quantitative estimate of drug-likeness (QED) is 0.0261. The molecule has 0 aromatic carbocycles. The SMILES string of the molecule is CC/C=C\C/C=C\C/C=C\C/C=C\C/C=C\C/C=C\C/C=C\CCCC(=O)OCC(COC(=O)CCCCC/C=C\C/C=C\C/C=C\CC)OC(=O)CCCCCCCCCCCCCCCCCCCCC. The van der Waals surface area contributed by atoms with Crippen LogP contribution >= 0.6 is 0 Å². The second-order valence-corrected chi connectivity index (χ2v) is 19.5. The molecule has 0 aliphatic carbocycles. The van der Waals surface area contributed by atoms with Crippen LogP contribution in [0.3, 0.4) is 0 Å². The van der Waals surface area contributed by atoms with Crippen LogP contribution in [0, 0.1) is 0 Å². The lowest BCUT2D eigenvalue weighted by molar-refractivity contribution is -0.167. The normalized spacial score (nSPS) is 13.0. The highest BCUT2D eigenvalue weighted by Crippen LogP contribution is 2.16. The zero-order valence-electron chi connectivity index (χ0n) is 47.4. The number of carbonyl (C=O) groups is 3. The maximum Gasteiger partial charge on any atom is 0.306 e. The van der Waals surface area contributed by atoms with Gasteiger partial charge in [-0.25, -0.2) is 0 Å². The van der Waals surface area contributed by atoms with Crippen LogP contribution in [0.4, 0.5) is 0 Å². The third-order valence-electron chi connectivity index (χ3n) is 12.5. The van der Waals surface area contributed by atoms with Gasteiger partial charge in [0.1, 0.15) is 13.2 Å². The van der Waals surface area contributed by atoms with E-state index in [1.54, 1.807) is 0 Å². The Hall–Kier alpha value is -4.19. The average molecular weight is 1010 g/mol. The molecule has 0 saturated carbocycles. The van der Waals surface area contributed by atoms with Crippen LogP contribution in [-0.4, -0.2) is 37.2 Å². The minimum Gasteiger partial charge on any atom is -0.462 e. The summed E-state index contributed by atoms with van der Waals surface area (Å²) in [4.78, 5) is 38.2. The van der Waals surface area contributed by atoms with Gasteiger partial charge >= 0.3 is 17.9 Å². The lowest BCUT2D eigenvalue weighted by Crippen LogP contribution is -2.30. The number of esters is 3. The van der Waals surface area contributed by atoms with Crippen LogP contribution in [-0.2, 0) is 28.6 Å². The molecule has 0 spiro atoms. The Morgan fingerprint density at radius 1 is 0.288 bits per heavy atom. The van der Waals surface area contributed by atoms with Gasteiger partial charge in [0.2, 0.25) is 0 Å². The van der Waals surface area contributed by atoms with Crippen LogP contribution in [0.15, 0.2) is 122 Å². The van der Waals surface area contributed by atoms with Crippen molar-refractivity contribution in [3.05, 3.63) is 122 Å². The Balaban J connectivity index is 4.48. The summed E-state index contributed by atoms with van der Waals surface area (Å²) < 4.78 is 16.8. The molecule has 0 saturated heterocycles. The molecule has 73 heavy (non-hydrogen) atoms. The molecule has 0 N–H and O–H groups in total. The molecule has 1 unspecified atom stereocenters. The summed E-state index contributed by atoms with van der Waals surface area (Å²) >= 11 is 0. The van der Waals surface area contributed by atoms with Gasteiger partial charge in [0.05, 0.1) is 0 Å². The summed E-state index contributed by atoms with van der Waals surface area (Å²) in [6, 6.07) is 0. The topological polar surface area (TPSA) is 78.9 Å². The maximum absolute atomic E-state index is 12.9. The van der Waals surface area contributed by atoms with Crippen molar-refractivity contribution in [2.75, 3.05) is 13.2 Å². The monoisotopic (exact) mass is 1010 g/mol. The highest BCUT2D eigenvalue weighted by Gasteiger charge is 2.19. The van der Waals surface area contributed by atoms with Crippen LogP contribution in [0.1, 0.15) is 265 Å². The van der Waals surface area contributed by atoms with E-state index < -0.39 is 6.10 Å². The molecule has 0 fully saturated rings. The Labute approximate surface area is 450 Å². The standard InChI is InChI=1S/C67H110O6/c1-4-7-10-13-16-19-22-25-27-29-31-32-33-34-36-37-39-42-45-48-51-54-57-60-66(69)72-63-64(62-71-65(68)59-56-53-50-47-44-41-24-21-18-15-12-9-6-3)73-67(70)61-58-55-52-49-46-43-40-38-35-30-28-26-23-20-17-14-11-8-5-2/h7,9-10,12,16,18-19,21,25,27,31-32,34,36,39,41-42,44,48,51,64H,4-6,8,11,13-15,17,20,22-24,26,28-30,33,35,37-38,40,43,45-47,49-50,52-63H2,1-3H3/b10-7-,12-9-,19-16-,21-18-,27-25-,32-31-,36-34-,42-39-,44-41-,51-48-. The summed E-state index contributed by atoms with van der Waals surface area (Å²) in [5.41, 5.74) is 0. The molecule has 6 heteroatoms. The van der Waals surface area contributed by atoms with Crippen molar-refractivity contribution in [2.45, 2.75) is 271 Å². The average Bonchev–Trinajstić information content (AvgIpc) is 3.39. The molecule has 0 aromatic rings. The summed E-state index contributed by atoms with van der Waals surface area (Å²) in [5, 5.41) is 0. The smallest absolute Gasteiger partial charge is 0.306 e. The number of unbranched alkanes of at least 4 members (excludes halogenated alkanes) is 22. The van der Waals surface area contributed by atoms with Crippen LogP contribution in [0.2, 0.25) is 0 Å². The molecule has 0 aliphatic rings. The van der Waals surface area contributed by atoms with E-state index in [9.17, 15) is 14.4 Å². The minimum atomic E-state index is -0.816. The molecule has 0 amide bonds. The molecule has 0 aromatic heterocycles. The van der Waals surface area contributed by atoms with E-state index in [1.807, 2.05) is 0 Å². The summed E-state index contributed by atoms with van der Waals surface area (Å²) in [7, 11) is 0. The van der Waals surface area contributed by atoms with Crippen molar-refractivity contribution in [1.29, 1.82) is 0 Å². The Kier molecular flexibility index (Phi) is 56.9. The largest absolute Gasteiger partial charge is 0.462 e. The first kappa shape index (κ1) is 68.8. The van der Waals surface area contributed by atoms with Crippen molar-refractivity contribution in [2.24, 2.45) is 0 Å². The fourth-order valence-electron chi connectivity index (χ4n) is 8.03. The van der Waals surface area contributed by atoms with Gasteiger partial charge < -0.3 is 14.2 Å². The number of carbonyl (C=O) groups excluding carboxylic acids is 3. The minimum absolute atomic E-state index is 0.112. The predicted molar refractivity (Wildman–Crippen MR) is 316 cm³/mol. The summed E-state index contributed by atoms with van der Waals surface area (Å²) in [5.74, 6) is -0.997. The highest BCUT2D eigenvalue weighted by atomic mass is 16.6. The first-order valence-corrected chi connectivity index (χ1v) is 30.0. The fraction of sp³-hybridized carbons (Fsp3) is 0.657. The number of hydrogen-bond donors (Lipinski definition) is 0. The lowest BCUT2D eigenvalue weighted by Gasteiger charge is -2.18. The van der Waals surface area contributed by atoms with E-state index in [1.165, 1.54) is 103 Å². The van der Waals surface area contributed by atoms with Crippen LogP contribution in [0.5, 0.6) is 0 Å². The third-order valence-corrected chi connectivity index (χ3v) is 12.5. The van der Waals surface area contributed by atoms with Crippen molar-refractivity contribution in [3.8, 4) is 0 Å². The second kappa shape index (κ2) is 60.4. The molecular weight excluding hydrogens is 901 g/mol. The molecule has 414 valence electrons. The molecule has 1 atom stereocenters. The number of hydrogen-bond acceptors (Lipinski definition) is 6. The molecule has 6 nitrogen and oxygen atoms in total. The number of allylic oxidation sites excluding steroid dienone is 20. The Bertz CT molecular complexity index is 1540. The van der Waals surface area contributed by atoms with Gasteiger partial charge in [-0.05, 0) is 103 Å². The first-order chi connectivity index (χ1) is 36.0. The van der Waals surface area contributed by atoms with Gasteiger partial charge in [0.25, 0.3) is 0 Å². The first-order valence-electron chi connectivity index (χ1n) is 30.0. The van der Waals surface area contributed by atoms with Gasteiger partial charge in [-0.15, -0.1) is 0 Å². The van der Waals surface area contributed by atoms with E-state index in [0.717, 1.165) is 116 Å². The van der Waals surface area contributed by atoms with Crippen molar-refractivity contribution >= 4 is 17.9 Å². The van der Waals surface area contributed by atoms with Crippen molar-refractivity contribution < 1.29 is 28.6 Å². The van der Waals surface area contributed by atoms with Gasteiger partial charge in [-0.2, -0.15) is 0 Å². The van der Waals surface area contributed by atoms with Gasteiger partial charge in [-0.1, -0.05) is 264 Å². The highest BCUT2D eigenvalue weighted by molar-refractivity contribution is 5.71. The Morgan fingerprint density at radius 3 is 0.890 bits per heavy atom. The van der Waals surface area contributed by atoms with Crippen molar-refractivity contribution in [3.63, 3.8) is 0 Å². The lowest BCUT2D eigenvalue weighted by atomic mass is 10.0. The second-order valence-electron chi connectivity index (χ2n) is 19.5. The summed E-state index contributed by atoms with van der Waals surface area (Å²) in [6.45, 7) is 6.35. The van der Waals surface area contributed by atoms with Crippen LogP contribution < -0.4 is 0 Å². The fourth-order valence-corrected chi connectivity index (χ4v) is 8.03. The summed E-state index contributed by atoms with van der Waals surface area (Å²) in [6.07, 6.45) is 83.5. The molecule has 0 bridgehead atoms. The van der Waals surface area contributed by atoms with Gasteiger partial charge in [0, 0.05) is 19.3 Å². The van der Waals surface area contributed by atoms with E-state index in [0.29, 0.717) is 19.3 Å². The van der Waals surface area contributed by atoms with E-state index >= 15 is 0 Å².